The minimum atomic E-state index is 0.0233. The molecule has 1 amide bonds. The highest BCUT2D eigenvalue weighted by atomic mass is 16.5. The Labute approximate surface area is 126 Å². The van der Waals surface area contributed by atoms with Gasteiger partial charge in [-0.15, -0.1) is 0 Å². The van der Waals surface area contributed by atoms with Gasteiger partial charge in [0.1, 0.15) is 5.75 Å². The highest BCUT2D eigenvalue weighted by Crippen LogP contribution is 2.23. The Balaban J connectivity index is 1.79. The molecule has 0 spiro atoms. The number of rotatable bonds is 6. The van der Waals surface area contributed by atoms with E-state index in [4.69, 9.17) is 4.74 Å². The van der Waals surface area contributed by atoms with Crippen LogP contribution in [0.1, 0.15) is 19.3 Å². The van der Waals surface area contributed by atoms with Crippen LogP contribution in [0.15, 0.2) is 24.3 Å². The molecular weight excluding hydrogens is 266 g/mol. The minimum absolute atomic E-state index is 0.0233. The number of carbonyl (C=O) groups is 1. The van der Waals surface area contributed by atoms with E-state index in [1.165, 1.54) is 12.8 Å². The molecule has 1 aromatic carbocycles. The van der Waals surface area contributed by atoms with Crippen LogP contribution < -0.4 is 15.4 Å². The number of hydrogen-bond donors (Lipinski definition) is 2. The zero-order chi connectivity index (χ0) is 15.1. The van der Waals surface area contributed by atoms with Crippen molar-refractivity contribution in [3.63, 3.8) is 0 Å². The predicted octanol–water partition coefficient (Wildman–Crippen LogP) is 1.71. The van der Waals surface area contributed by atoms with Crippen molar-refractivity contribution < 1.29 is 9.53 Å². The number of para-hydroxylation sites is 2. The Morgan fingerprint density at radius 1 is 1.48 bits per heavy atom. The number of anilines is 1. The number of hydrogen-bond acceptors (Lipinski definition) is 4. The van der Waals surface area contributed by atoms with Crippen LogP contribution in [-0.2, 0) is 4.79 Å². The average Bonchev–Trinajstić information content (AvgIpc) is 2.54. The number of carbonyl (C=O) groups excluding carboxylic acids is 1. The number of likely N-dealkylation sites (N-methyl/N-ethyl adjacent to an activating group) is 1. The lowest BCUT2D eigenvalue weighted by Gasteiger charge is -2.31. The van der Waals surface area contributed by atoms with Gasteiger partial charge in [0.2, 0.25) is 5.91 Å². The highest BCUT2D eigenvalue weighted by molar-refractivity contribution is 5.92. The third kappa shape index (κ3) is 4.72. The molecule has 1 heterocycles. The van der Waals surface area contributed by atoms with Crippen molar-refractivity contribution in [1.29, 1.82) is 0 Å². The number of ether oxygens (including phenoxy) is 1. The van der Waals surface area contributed by atoms with Gasteiger partial charge in [0, 0.05) is 25.6 Å². The van der Waals surface area contributed by atoms with Crippen molar-refractivity contribution in [2.75, 3.05) is 39.1 Å². The second-order valence-electron chi connectivity index (χ2n) is 5.48. The van der Waals surface area contributed by atoms with Gasteiger partial charge >= 0.3 is 0 Å². The van der Waals surface area contributed by atoms with E-state index in [-0.39, 0.29) is 5.91 Å². The van der Waals surface area contributed by atoms with Gasteiger partial charge in [0.15, 0.2) is 0 Å². The maximum absolute atomic E-state index is 12.1. The largest absolute Gasteiger partial charge is 0.495 e. The zero-order valence-corrected chi connectivity index (χ0v) is 12.9. The Bertz CT molecular complexity index is 459. The lowest BCUT2D eigenvalue weighted by Crippen LogP contribution is -2.44. The number of piperidine rings is 1. The monoisotopic (exact) mass is 291 g/mol. The minimum Gasteiger partial charge on any atom is -0.495 e. The first-order valence-corrected chi connectivity index (χ1v) is 7.54. The third-order valence-electron chi connectivity index (χ3n) is 3.97. The normalized spacial score (nSPS) is 18.5. The maximum Gasteiger partial charge on any atom is 0.225 e. The molecule has 21 heavy (non-hydrogen) atoms. The molecule has 1 aliphatic rings. The van der Waals surface area contributed by atoms with Gasteiger partial charge in [0.05, 0.1) is 12.8 Å². The van der Waals surface area contributed by atoms with Crippen molar-refractivity contribution in [3.8, 4) is 5.75 Å². The summed E-state index contributed by atoms with van der Waals surface area (Å²) in [5, 5.41) is 6.31. The number of benzene rings is 1. The third-order valence-corrected chi connectivity index (χ3v) is 3.97. The van der Waals surface area contributed by atoms with Crippen LogP contribution in [0.5, 0.6) is 5.75 Å². The molecule has 2 rings (SSSR count). The summed E-state index contributed by atoms with van der Waals surface area (Å²) in [6.45, 7) is 2.90. The molecule has 1 atom stereocenters. The molecule has 5 heteroatoms. The molecule has 1 fully saturated rings. The van der Waals surface area contributed by atoms with E-state index < -0.39 is 0 Å². The van der Waals surface area contributed by atoms with Gasteiger partial charge in [-0.05, 0) is 38.6 Å². The maximum atomic E-state index is 12.1. The van der Waals surface area contributed by atoms with Crippen molar-refractivity contribution in [2.45, 2.75) is 25.3 Å². The van der Waals surface area contributed by atoms with Crippen LogP contribution in [0, 0.1) is 0 Å². The standard InChI is InChI=1S/C16H25N3O2/c1-19(13-6-5-10-17-12-13)11-9-16(20)18-14-7-3-4-8-15(14)21-2/h3-4,7-8,13,17H,5-6,9-12H2,1-2H3,(H,18,20). The lowest BCUT2D eigenvalue weighted by atomic mass is 10.1. The van der Waals surface area contributed by atoms with Gasteiger partial charge in [-0.25, -0.2) is 0 Å². The van der Waals surface area contributed by atoms with E-state index in [1.807, 2.05) is 24.3 Å². The van der Waals surface area contributed by atoms with E-state index in [2.05, 4.69) is 22.6 Å². The van der Waals surface area contributed by atoms with E-state index in [1.54, 1.807) is 7.11 Å². The fraction of sp³-hybridized carbons (Fsp3) is 0.562. The Morgan fingerprint density at radius 3 is 3.00 bits per heavy atom. The van der Waals surface area contributed by atoms with Crippen LogP contribution in [0.25, 0.3) is 0 Å². The fourth-order valence-corrected chi connectivity index (χ4v) is 2.63. The van der Waals surface area contributed by atoms with E-state index in [9.17, 15) is 4.79 Å². The summed E-state index contributed by atoms with van der Waals surface area (Å²) >= 11 is 0. The Kier molecular flexibility index (Phi) is 6.02. The zero-order valence-electron chi connectivity index (χ0n) is 12.9. The molecule has 0 aromatic heterocycles. The molecule has 1 unspecified atom stereocenters. The molecule has 5 nitrogen and oxygen atoms in total. The summed E-state index contributed by atoms with van der Waals surface area (Å²) in [4.78, 5) is 14.3. The second kappa shape index (κ2) is 8.00. The molecule has 0 bridgehead atoms. The molecule has 0 aliphatic carbocycles. The van der Waals surface area contributed by atoms with Gasteiger partial charge in [-0.3, -0.25) is 4.79 Å². The van der Waals surface area contributed by atoms with Gasteiger partial charge in [0.25, 0.3) is 0 Å². The smallest absolute Gasteiger partial charge is 0.225 e. The molecule has 1 saturated heterocycles. The number of nitrogens with zero attached hydrogens (tertiary/aromatic N) is 1. The van der Waals surface area contributed by atoms with Crippen LogP contribution in [0.3, 0.4) is 0 Å². The molecular formula is C16H25N3O2. The Morgan fingerprint density at radius 2 is 2.29 bits per heavy atom. The average molecular weight is 291 g/mol. The van der Waals surface area contributed by atoms with E-state index >= 15 is 0 Å². The van der Waals surface area contributed by atoms with Gasteiger partial charge < -0.3 is 20.3 Å². The van der Waals surface area contributed by atoms with Crippen molar-refractivity contribution in [1.82, 2.24) is 10.2 Å². The molecule has 116 valence electrons. The SMILES string of the molecule is COc1ccccc1NC(=O)CCN(C)C1CCCNC1. The van der Waals surface area contributed by atoms with Crippen molar-refractivity contribution >= 4 is 11.6 Å². The van der Waals surface area contributed by atoms with Crippen LogP contribution in [0.2, 0.25) is 0 Å². The fourth-order valence-electron chi connectivity index (χ4n) is 2.63. The summed E-state index contributed by atoms with van der Waals surface area (Å²) in [5.41, 5.74) is 0.729. The van der Waals surface area contributed by atoms with Crippen molar-refractivity contribution in [2.24, 2.45) is 0 Å². The summed E-state index contributed by atoms with van der Waals surface area (Å²) in [5.74, 6) is 0.714. The lowest BCUT2D eigenvalue weighted by molar-refractivity contribution is -0.116. The first kappa shape index (κ1) is 15.8. The van der Waals surface area contributed by atoms with Gasteiger partial charge in [-0.1, -0.05) is 12.1 Å². The summed E-state index contributed by atoms with van der Waals surface area (Å²) in [6, 6.07) is 8.01. The first-order chi connectivity index (χ1) is 10.2. The quantitative estimate of drug-likeness (QED) is 0.838. The molecule has 2 N–H and O–H groups in total. The summed E-state index contributed by atoms with van der Waals surface area (Å²) in [7, 11) is 3.70. The summed E-state index contributed by atoms with van der Waals surface area (Å²) < 4.78 is 5.23. The van der Waals surface area contributed by atoms with Crippen molar-refractivity contribution in [3.05, 3.63) is 24.3 Å². The van der Waals surface area contributed by atoms with Gasteiger partial charge in [-0.2, -0.15) is 0 Å². The van der Waals surface area contributed by atoms with Crippen LogP contribution >= 0.6 is 0 Å². The topological polar surface area (TPSA) is 53.6 Å². The van der Waals surface area contributed by atoms with E-state index in [0.29, 0.717) is 18.2 Å². The summed E-state index contributed by atoms with van der Waals surface area (Å²) in [6.07, 6.45) is 2.91. The van der Waals surface area contributed by atoms with Crippen LogP contribution in [0.4, 0.5) is 5.69 Å². The van der Waals surface area contributed by atoms with Crippen LogP contribution in [-0.4, -0.2) is 50.6 Å². The van der Waals surface area contributed by atoms with E-state index in [0.717, 1.165) is 25.3 Å². The highest BCUT2D eigenvalue weighted by Gasteiger charge is 2.18. The molecule has 0 saturated carbocycles. The molecule has 1 aliphatic heterocycles. The number of amides is 1. The number of methoxy groups -OCH3 is 1. The molecule has 1 aromatic rings. The predicted molar refractivity (Wildman–Crippen MR) is 84.8 cm³/mol. The first-order valence-electron chi connectivity index (χ1n) is 7.54. The Hall–Kier alpha value is -1.59. The molecule has 0 radical (unpaired) electrons. The second-order valence-corrected chi connectivity index (χ2v) is 5.48. The number of nitrogens with one attached hydrogen (secondary N) is 2.